The maximum Gasteiger partial charge on any atom is -0.00262 e. The summed E-state index contributed by atoms with van der Waals surface area (Å²) in [5.41, 5.74) is 14.9. The Kier molecular flexibility index (Phi) is 8.96. The molecular weight excluding hydrogens is 793 g/mol. The summed E-state index contributed by atoms with van der Waals surface area (Å²) in [5, 5.41) is 15.1. The lowest BCUT2D eigenvalue weighted by atomic mass is 9.85. The van der Waals surface area contributed by atoms with Gasteiger partial charge in [-0.25, -0.2) is 0 Å². The molecule has 0 aliphatic carbocycles. The second-order valence-electron chi connectivity index (χ2n) is 17.5. The smallest absolute Gasteiger partial charge is 0.00262 e. The van der Waals surface area contributed by atoms with E-state index in [9.17, 15) is 0 Å². The van der Waals surface area contributed by atoms with Crippen LogP contribution in [0.3, 0.4) is 0 Å². The SMILES string of the molecule is c1ccc(-c2c3ccccc3c(-c3ccc(-c4ccc5cc(-c6c7ccccc7c(-c7cccc(-c8ccc9ccccc9c8)c7)c7ccccc67)ccc5c4)cc3)c3ccccc23)cc1. The second-order valence-corrected chi connectivity index (χ2v) is 17.5. The molecule has 13 rings (SSSR count). The molecule has 0 aliphatic rings. The molecule has 0 amide bonds. The van der Waals surface area contributed by atoms with Crippen LogP contribution in [-0.2, 0) is 0 Å². The number of benzene rings is 13. The Bertz CT molecular complexity index is 3910. The normalized spacial score (nSPS) is 11.6. The van der Waals surface area contributed by atoms with E-state index in [2.05, 4.69) is 255 Å². The minimum Gasteiger partial charge on any atom is -0.0622 e. The molecule has 0 atom stereocenters. The van der Waals surface area contributed by atoms with Crippen LogP contribution in [0.25, 0.3) is 131 Å². The van der Waals surface area contributed by atoms with Crippen molar-refractivity contribution in [3.05, 3.63) is 255 Å². The zero-order valence-electron chi connectivity index (χ0n) is 36.2. The Balaban J connectivity index is 0.879. The zero-order valence-corrected chi connectivity index (χ0v) is 36.2. The molecule has 0 heteroatoms. The van der Waals surface area contributed by atoms with Crippen LogP contribution < -0.4 is 0 Å². The molecule has 0 unspecified atom stereocenters. The van der Waals surface area contributed by atoms with Gasteiger partial charge in [-0.3, -0.25) is 0 Å². The van der Waals surface area contributed by atoms with Gasteiger partial charge in [-0.05, 0) is 156 Å². The fourth-order valence-corrected chi connectivity index (χ4v) is 10.7. The van der Waals surface area contributed by atoms with Crippen LogP contribution in [0.15, 0.2) is 255 Å². The Morgan fingerprint density at radius 2 is 0.409 bits per heavy atom. The predicted octanol–water partition coefficient (Wildman–Crippen LogP) is 18.6. The first-order chi connectivity index (χ1) is 32.7. The van der Waals surface area contributed by atoms with E-state index in [1.165, 1.54) is 131 Å². The fraction of sp³-hybridized carbons (Fsp3) is 0. The average molecular weight is 835 g/mol. The topological polar surface area (TPSA) is 0 Å². The number of hydrogen-bond acceptors (Lipinski definition) is 0. The maximum absolute atomic E-state index is 2.38. The molecule has 0 saturated heterocycles. The van der Waals surface area contributed by atoms with Gasteiger partial charge in [0.05, 0.1) is 0 Å². The molecule has 66 heavy (non-hydrogen) atoms. The molecule has 0 aromatic heterocycles. The largest absolute Gasteiger partial charge is 0.0622 e. The predicted molar refractivity (Wildman–Crippen MR) is 284 cm³/mol. The third kappa shape index (κ3) is 6.30. The first kappa shape index (κ1) is 37.9. The van der Waals surface area contributed by atoms with Gasteiger partial charge in [0.2, 0.25) is 0 Å². The van der Waals surface area contributed by atoms with Gasteiger partial charge in [-0.1, -0.05) is 231 Å². The molecule has 0 bridgehead atoms. The van der Waals surface area contributed by atoms with Crippen molar-refractivity contribution < 1.29 is 0 Å². The molecule has 306 valence electrons. The van der Waals surface area contributed by atoms with E-state index in [-0.39, 0.29) is 0 Å². The first-order valence-electron chi connectivity index (χ1n) is 22.9. The van der Waals surface area contributed by atoms with Crippen molar-refractivity contribution in [1.82, 2.24) is 0 Å². The Morgan fingerprint density at radius 1 is 0.136 bits per heavy atom. The summed E-state index contributed by atoms with van der Waals surface area (Å²) in [6.07, 6.45) is 0. The minimum absolute atomic E-state index is 1.21. The van der Waals surface area contributed by atoms with E-state index < -0.39 is 0 Å². The summed E-state index contributed by atoms with van der Waals surface area (Å²) in [5.74, 6) is 0. The Labute approximate surface area is 384 Å². The summed E-state index contributed by atoms with van der Waals surface area (Å²) in [6, 6.07) is 94.0. The van der Waals surface area contributed by atoms with Crippen molar-refractivity contribution in [3.8, 4) is 66.8 Å². The summed E-state index contributed by atoms with van der Waals surface area (Å²) >= 11 is 0. The van der Waals surface area contributed by atoms with Crippen molar-refractivity contribution >= 4 is 64.6 Å². The van der Waals surface area contributed by atoms with Crippen molar-refractivity contribution in [1.29, 1.82) is 0 Å². The van der Waals surface area contributed by atoms with Gasteiger partial charge >= 0.3 is 0 Å². The lowest BCUT2D eigenvalue weighted by molar-refractivity contribution is 1.62. The lowest BCUT2D eigenvalue weighted by Crippen LogP contribution is -1.91. The fourth-order valence-electron chi connectivity index (χ4n) is 10.7. The minimum atomic E-state index is 1.21. The van der Waals surface area contributed by atoms with E-state index in [1.807, 2.05) is 0 Å². The van der Waals surface area contributed by atoms with Gasteiger partial charge in [-0.15, -0.1) is 0 Å². The molecule has 0 nitrogen and oxygen atoms in total. The molecule has 0 saturated carbocycles. The molecular formula is C66H42. The number of hydrogen-bond donors (Lipinski definition) is 0. The molecule has 13 aromatic carbocycles. The van der Waals surface area contributed by atoms with Gasteiger partial charge in [0.1, 0.15) is 0 Å². The summed E-state index contributed by atoms with van der Waals surface area (Å²) in [7, 11) is 0. The molecule has 0 N–H and O–H groups in total. The number of rotatable bonds is 6. The van der Waals surface area contributed by atoms with E-state index in [0.717, 1.165) is 0 Å². The van der Waals surface area contributed by atoms with Crippen LogP contribution in [-0.4, -0.2) is 0 Å². The average Bonchev–Trinajstić information content (AvgIpc) is 3.39. The molecule has 0 fully saturated rings. The third-order valence-electron chi connectivity index (χ3n) is 13.8. The van der Waals surface area contributed by atoms with Crippen molar-refractivity contribution in [3.63, 3.8) is 0 Å². The van der Waals surface area contributed by atoms with Gasteiger partial charge < -0.3 is 0 Å². The van der Waals surface area contributed by atoms with E-state index in [4.69, 9.17) is 0 Å². The highest BCUT2D eigenvalue weighted by Gasteiger charge is 2.19. The van der Waals surface area contributed by atoms with Crippen LogP contribution in [0.4, 0.5) is 0 Å². The summed E-state index contributed by atoms with van der Waals surface area (Å²) in [6.45, 7) is 0. The van der Waals surface area contributed by atoms with Crippen LogP contribution in [0.2, 0.25) is 0 Å². The lowest BCUT2D eigenvalue weighted by Gasteiger charge is -2.18. The van der Waals surface area contributed by atoms with Crippen molar-refractivity contribution in [2.24, 2.45) is 0 Å². The summed E-state index contributed by atoms with van der Waals surface area (Å²) in [4.78, 5) is 0. The monoisotopic (exact) mass is 834 g/mol. The Hall–Kier alpha value is -8.58. The zero-order chi connectivity index (χ0) is 43.6. The van der Waals surface area contributed by atoms with Crippen LogP contribution in [0.1, 0.15) is 0 Å². The highest BCUT2D eigenvalue weighted by molar-refractivity contribution is 6.23. The van der Waals surface area contributed by atoms with Crippen LogP contribution in [0, 0.1) is 0 Å². The van der Waals surface area contributed by atoms with Crippen LogP contribution in [0.5, 0.6) is 0 Å². The van der Waals surface area contributed by atoms with Gasteiger partial charge in [0, 0.05) is 0 Å². The number of fused-ring (bicyclic) bond motifs is 6. The van der Waals surface area contributed by atoms with Crippen LogP contribution >= 0.6 is 0 Å². The molecule has 0 spiro atoms. The quantitative estimate of drug-likeness (QED) is 0.146. The van der Waals surface area contributed by atoms with E-state index in [1.54, 1.807) is 0 Å². The van der Waals surface area contributed by atoms with E-state index >= 15 is 0 Å². The summed E-state index contributed by atoms with van der Waals surface area (Å²) < 4.78 is 0. The second kappa shape index (κ2) is 15.6. The molecule has 0 radical (unpaired) electrons. The molecule has 13 aromatic rings. The van der Waals surface area contributed by atoms with Gasteiger partial charge in [0.25, 0.3) is 0 Å². The van der Waals surface area contributed by atoms with Gasteiger partial charge in [-0.2, -0.15) is 0 Å². The maximum atomic E-state index is 2.38. The van der Waals surface area contributed by atoms with Crippen molar-refractivity contribution in [2.45, 2.75) is 0 Å². The van der Waals surface area contributed by atoms with Gasteiger partial charge in [0.15, 0.2) is 0 Å². The highest BCUT2D eigenvalue weighted by Crippen LogP contribution is 2.46. The highest BCUT2D eigenvalue weighted by atomic mass is 14.2. The molecule has 0 heterocycles. The standard InChI is InChI=1S/C66H42/c1-2-16-45(17-3-1)63-55-21-6-8-23-57(55)64(58-24-9-7-22-56(58)63)46-32-29-44(30-33-46)49-35-36-52-42-54(38-37-51(52)40-49)66-61-27-12-10-25-59(61)65(60-26-11-13-28-62(60)66)53-20-14-19-48(41-53)50-34-31-43-15-4-5-18-47(43)39-50/h1-42H. The third-order valence-corrected chi connectivity index (χ3v) is 13.8. The first-order valence-corrected chi connectivity index (χ1v) is 22.9. The molecule has 0 aliphatic heterocycles. The van der Waals surface area contributed by atoms with E-state index in [0.29, 0.717) is 0 Å². The Morgan fingerprint density at radius 3 is 0.924 bits per heavy atom. The van der Waals surface area contributed by atoms with Crippen molar-refractivity contribution in [2.75, 3.05) is 0 Å².